The number of para-hydroxylation sites is 1. The molecule has 0 aliphatic carbocycles. The van der Waals surface area contributed by atoms with Gasteiger partial charge in [0.2, 0.25) is 0 Å². The second-order valence-corrected chi connectivity index (χ2v) is 8.27. The fourth-order valence-corrected chi connectivity index (χ4v) is 4.09. The number of halogens is 1. The van der Waals surface area contributed by atoms with Crippen molar-refractivity contribution in [2.45, 2.75) is 24.8 Å². The number of aliphatic hydroxyl groups is 2. The van der Waals surface area contributed by atoms with Crippen LogP contribution < -0.4 is 20.7 Å². The topological polar surface area (TPSA) is 186 Å². The van der Waals surface area contributed by atoms with Gasteiger partial charge in [-0.2, -0.15) is 0 Å². The summed E-state index contributed by atoms with van der Waals surface area (Å²) in [5.74, 6) is -1.19. The number of nitro groups is 1. The molecule has 2 aromatic rings. The van der Waals surface area contributed by atoms with Crippen LogP contribution in [0, 0.1) is 10.1 Å². The molecule has 3 rings (SSSR count). The summed E-state index contributed by atoms with van der Waals surface area (Å²) in [4.78, 5) is 30.4. The number of hydrogen-bond acceptors (Lipinski definition) is 9. The summed E-state index contributed by atoms with van der Waals surface area (Å²) in [6.07, 6.45) is -2.78. The Balaban J connectivity index is 0.00000341. The fraction of sp³-hybridized carbons (Fsp3) is 0.294. The molecule has 1 heterocycles. The fourth-order valence-electron chi connectivity index (χ4n) is 3.19. The lowest BCUT2D eigenvalue weighted by atomic mass is 10.1. The van der Waals surface area contributed by atoms with Crippen LogP contribution in [-0.4, -0.2) is 44.5 Å². The Morgan fingerprint density at radius 3 is 2.48 bits per heavy atom. The van der Waals surface area contributed by atoms with E-state index in [0.717, 1.165) is 0 Å². The molecule has 0 fully saturated rings. The molecule has 14 heteroatoms. The Hall–Kier alpha value is -2.44. The zero-order chi connectivity index (χ0) is 22.1. The van der Waals surface area contributed by atoms with E-state index in [2.05, 4.69) is 16.0 Å². The molecule has 7 N–H and O–H groups in total. The zero-order valence-corrected chi connectivity index (χ0v) is 17.8. The smallest absolute Gasteiger partial charge is 0.346 e. The minimum atomic E-state index is -4.71. The third-order valence-electron chi connectivity index (χ3n) is 4.57. The van der Waals surface area contributed by atoms with Gasteiger partial charge in [0.25, 0.3) is 5.69 Å². The number of non-ortho nitro benzene ring substituents is 1. The molecule has 0 aromatic heterocycles. The third kappa shape index (κ3) is 5.43. The van der Waals surface area contributed by atoms with E-state index in [4.69, 9.17) is 4.74 Å². The minimum Gasteiger partial charge on any atom is -0.496 e. The summed E-state index contributed by atoms with van der Waals surface area (Å²) in [6.45, 7) is -0.199. The molecule has 1 aliphatic heterocycles. The van der Waals surface area contributed by atoms with Crippen molar-refractivity contribution in [3.05, 3.63) is 57.6 Å². The van der Waals surface area contributed by atoms with E-state index in [1.807, 2.05) is 0 Å². The number of nitro benzene ring substituents is 1. The first-order valence-electron chi connectivity index (χ1n) is 8.74. The summed E-state index contributed by atoms with van der Waals surface area (Å²) in [5, 5.41) is 38.8. The van der Waals surface area contributed by atoms with E-state index in [-0.39, 0.29) is 52.9 Å². The highest BCUT2D eigenvalue weighted by Crippen LogP contribution is 2.52. The molecule has 0 saturated carbocycles. The number of fused-ring (bicyclic) bond motifs is 1. The van der Waals surface area contributed by atoms with Crippen LogP contribution in [0.4, 0.5) is 17.1 Å². The SMILES string of the molecule is COc1ccccc1C(NCc1cc([N+](=O)[O-])cc2c1NC(O)C(O)N2)P(=O)(O)O.Cl. The number of nitrogens with one attached hydrogen (secondary N) is 3. The molecule has 3 atom stereocenters. The molecule has 12 nitrogen and oxygen atoms in total. The maximum absolute atomic E-state index is 12.1. The maximum Gasteiger partial charge on any atom is 0.346 e. The Kier molecular flexibility index (Phi) is 7.84. The van der Waals surface area contributed by atoms with Crippen LogP contribution in [0.2, 0.25) is 0 Å². The van der Waals surface area contributed by atoms with Crippen LogP contribution in [0.15, 0.2) is 36.4 Å². The monoisotopic (exact) mass is 476 g/mol. The van der Waals surface area contributed by atoms with E-state index >= 15 is 0 Å². The highest BCUT2D eigenvalue weighted by Gasteiger charge is 2.33. The van der Waals surface area contributed by atoms with E-state index in [0.29, 0.717) is 0 Å². The van der Waals surface area contributed by atoms with Gasteiger partial charge in [-0.3, -0.25) is 20.0 Å². The van der Waals surface area contributed by atoms with Crippen LogP contribution in [0.5, 0.6) is 5.75 Å². The molecule has 0 bridgehead atoms. The molecule has 170 valence electrons. The number of nitrogens with zero attached hydrogens (tertiary/aromatic N) is 1. The lowest BCUT2D eigenvalue weighted by molar-refractivity contribution is -0.384. The van der Waals surface area contributed by atoms with Crippen LogP contribution in [0.3, 0.4) is 0 Å². The Morgan fingerprint density at radius 2 is 1.87 bits per heavy atom. The van der Waals surface area contributed by atoms with Crippen molar-refractivity contribution >= 4 is 37.1 Å². The molecule has 0 saturated heterocycles. The normalized spacial score (nSPS) is 18.6. The van der Waals surface area contributed by atoms with Crippen LogP contribution in [0.25, 0.3) is 0 Å². The highest BCUT2D eigenvalue weighted by molar-refractivity contribution is 7.52. The molecular weight excluding hydrogens is 455 g/mol. The van der Waals surface area contributed by atoms with Gasteiger partial charge in [-0.05, 0) is 11.6 Å². The van der Waals surface area contributed by atoms with E-state index in [9.17, 15) is 34.7 Å². The second-order valence-electron chi connectivity index (χ2n) is 6.58. The van der Waals surface area contributed by atoms with Gasteiger partial charge < -0.3 is 35.4 Å². The summed E-state index contributed by atoms with van der Waals surface area (Å²) in [5.41, 5.74) is 0.604. The molecular formula is C17H22ClN4O8P. The second kappa shape index (κ2) is 9.79. The van der Waals surface area contributed by atoms with Gasteiger partial charge in [0.15, 0.2) is 12.5 Å². The van der Waals surface area contributed by atoms with Gasteiger partial charge in [-0.25, -0.2) is 0 Å². The van der Waals surface area contributed by atoms with Gasteiger partial charge in [-0.1, -0.05) is 18.2 Å². The Labute approximate surface area is 183 Å². The Bertz CT molecular complexity index is 1000. The average molecular weight is 477 g/mol. The van der Waals surface area contributed by atoms with Gasteiger partial charge in [0.05, 0.1) is 23.4 Å². The predicted octanol–water partition coefficient (Wildman–Crippen LogP) is 1.47. The molecule has 0 radical (unpaired) electrons. The molecule has 3 unspecified atom stereocenters. The maximum atomic E-state index is 12.1. The number of aliphatic hydroxyl groups excluding tert-OH is 2. The summed E-state index contributed by atoms with van der Waals surface area (Å²) < 4.78 is 17.3. The van der Waals surface area contributed by atoms with E-state index in [1.54, 1.807) is 18.2 Å². The predicted molar refractivity (Wildman–Crippen MR) is 114 cm³/mol. The van der Waals surface area contributed by atoms with Gasteiger partial charge in [0.1, 0.15) is 11.5 Å². The van der Waals surface area contributed by atoms with Crippen molar-refractivity contribution in [3.8, 4) is 5.75 Å². The van der Waals surface area contributed by atoms with E-state index < -0.39 is 30.8 Å². The van der Waals surface area contributed by atoms with Crippen molar-refractivity contribution < 1.29 is 34.2 Å². The first-order chi connectivity index (χ1) is 14.1. The van der Waals surface area contributed by atoms with Crippen molar-refractivity contribution in [1.29, 1.82) is 0 Å². The number of benzene rings is 2. The number of anilines is 2. The van der Waals surface area contributed by atoms with E-state index in [1.165, 1.54) is 25.3 Å². The summed E-state index contributed by atoms with van der Waals surface area (Å²) in [7, 11) is -3.34. The van der Waals surface area contributed by atoms with Crippen molar-refractivity contribution in [3.63, 3.8) is 0 Å². The minimum absolute atomic E-state index is 0. The standard InChI is InChI=1S/C17H21N4O8P.ClH/c1-29-13-5-3-2-4-11(13)17(30(26,27)28)18-8-9-6-10(21(24)25)7-12-14(9)20-16(23)15(22)19-12;/h2-7,15-20,22-23H,8H2,1H3,(H2,26,27,28);1H. The molecule has 31 heavy (non-hydrogen) atoms. The highest BCUT2D eigenvalue weighted by atomic mass is 35.5. The molecule has 2 aromatic carbocycles. The number of ether oxygens (including phenoxy) is 1. The number of hydrogen-bond donors (Lipinski definition) is 7. The van der Waals surface area contributed by atoms with Crippen molar-refractivity contribution in [2.24, 2.45) is 0 Å². The van der Waals surface area contributed by atoms with Crippen LogP contribution in [-0.2, 0) is 11.1 Å². The summed E-state index contributed by atoms with van der Waals surface area (Å²) in [6, 6.07) is 8.70. The van der Waals surface area contributed by atoms with Crippen molar-refractivity contribution in [1.82, 2.24) is 5.32 Å². The van der Waals surface area contributed by atoms with Crippen LogP contribution in [0.1, 0.15) is 16.9 Å². The third-order valence-corrected chi connectivity index (χ3v) is 5.70. The molecule has 0 amide bonds. The van der Waals surface area contributed by atoms with Crippen LogP contribution >= 0.6 is 20.0 Å². The van der Waals surface area contributed by atoms with Gasteiger partial charge in [0, 0.05) is 24.2 Å². The first kappa shape index (κ1) is 24.8. The number of rotatable bonds is 7. The largest absolute Gasteiger partial charge is 0.496 e. The van der Waals surface area contributed by atoms with Gasteiger partial charge in [-0.15, -0.1) is 12.4 Å². The molecule has 0 spiro atoms. The van der Waals surface area contributed by atoms with Gasteiger partial charge >= 0.3 is 7.60 Å². The molecule has 1 aliphatic rings. The van der Waals surface area contributed by atoms with Crippen molar-refractivity contribution in [2.75, 3.05) is 17.7 Å². The Morgan fingerprint density at radius 1 is 1.23 bits per heavy atom. The quantitative estimate of drug-likeness (QED) is 0.174. The first-order valence-corrected chi connectivity index (χ1v) is 10.4. The summed E-state index contributed by atoms with van der Waals surface area (Å²) >= 11 is 0. The number of methoxy groups -OCH3 is 1. The average Bonchev–Trinajstić information content (AvgIpc) is 2.68. The lowest BCUT2D eigenvalue weighted by Gasteiger charge is -2.31. The zero-order valence-electron chi connectivity index (χ0n) is 16.1. The lowest BCUT2D eigenvalue weighted by Crippen LogP contribution is -2.43.